The van der Waals surface area contributed by atoms with Crippen molar-refractivity contribution in [3.63, 3.8) is 0 Å². The highest BCUT2D eigenvalue weighted by molar-refractivity contribution is 6.42. The SMILES string of the molecule is CCC1(CC)CN(c2ccc(Cl)c(Cl)c2)C(C)CN1. The molecule has 106 valence electrons. The molecule has 1 N–H and O–H groups in total. The highest BCUT2D eigenvalue weighted by Crippen LogP contribution is 2.31. The number of benzene rings is 1. The highest BCUT2D eigenvalue weighted by Gasteiger charge is 2.35. The number of hydrogen-bond donors (Lipinski definition) is 1. The van der Waals surface area contributed by atoms with E-state index < -0.39 is 0 Å². The molecule has 0 radical (unpaired) electrons. The smallest absolute Gasteiger partial charge is 0.0612 e. The van der Waals surface area contributed by atoms with Crippen molar-refractivity contribution in [2.45, 2.75) is 45.2 Å². The van der Waals surface area contributed by atoms with Gasteiger partial charge in [0.05, 0.1) is 10.0 Å². The molecule has 19 heavy (non-hydrogen) atoms. The van der Waals surface area contributed by atoms with Crippen molar-refractivity contribution in [1.82, 2.24) is 5.32 Å². The molecule has 1 aliphatic heterocycles. The minimum atomic E-state index is 0.207. The fraction of sp³-hybridized carbons (Fsp3) is 0.600. The van der Waals surface area contributed by atoms with Crippen LogP contribution in [0, 0.1) is 0 Å². The first-order chi connectivity index (χ1) is 9.01. The van der Waals surface area contributed by atoms with Crippen molar-refractivity contribution in [1.29, 1.82) is 0 Å². The molecule has 0 spiro atoms. The summed E-state index contributed by atoms with van der Waals surface area (Å²) in [6, 6.07) is 6.38. The van der Waals surface area contributed by atoms with Crippen LogP contribution < -0.4 is 10.2 Å². The standard InChI is InChI=1S/C15H22Cl2N2/c1-4-15(5-2)10-19(11(3)9-18-15)12-6-7-13(16)14(17)8-12/h6-8,11,18H,4-5,9-10H2,1-3H3. The van der Waals surface area contributed by atoms with E-state index in [9.17, 15) is 0 Å². The monoisotopic (exact) mass is 300 g/mol. The van der Waals surface area contributed by atoms with Gasteiger partial charge in [0.2, 0.25) is 0 Å². The maximum absolute atomic E-state index is 6.15. The Morgan fingerprint density at radius 3 is 2.53 bits per heavy atom. The lowest BCUT2D eigenvalue weighted by atomic mass is 9.88. The summed E-state index contributed by atoms with van der Waals surface area (Å²) in [6.07, 6.45) is 2.27. The average molecular weight is 301 g/mol. The van der Waals surface area contributed by atoms with Crippen LogP contribution in [0.1, 0.15) is 33.6 Å². The van der Waals surface area contributed by atoms with Gasteiger partial charge in [-0.3, -0.25) is 0 Å². The molecule has 1 aromatic rings. The molecule has 4 heteroatoms. The minimum absolute atomic E-state index is 0.207. The maximum atomic E-state index is 6.15. The molecule has 1 fully saturated rings. The quantitative estimate of drug-likeness (QED) is 0.893. The molecule has 0 saturated carbocycles. The molecule has 0 bridgehead atoms. The second kappa shape index (κ2) is 5.90. The van der Waals surface area contributed by atoms with Gasteiger partial charge in [-0.05, 0) is 38.0 Å². The van der Waals surface area contributed by atoms with Crippen molar-refractivity contribution >= 4 is 28.9 Å². The summed E-state index contributed by atoms with van der Waals surface area (Å²) in [5, 5.41) is 4.95. The molecule has 1 unspecified atom stereocenters. The van der Waals surface area contributed by atoms with Crippen LogP contribution in [0.4, 0.5) is 5.69 Å². The fourth-order valence-corrected chi connectivity index (χ4v) is 3.04. The number of nitrogens with zero attached hydrogens (tertiary/aromatic N) is 1. The Bertz CT molecular complexity index is 444. The van der Waals surface area contributed by atoms with Crippen molar-refractivity contribution in [3.05, 3.63) is 28.2 Å². The second-order valence-electron chi connectivity index (χ2n) is 5.44. The first-order valence-electron chi connectivity index (χ1n) is 6.98. The normalized spacial score (nSPS) is 22.6. The van der Waals surface area contributed by atoms with Gasteiger partial charge in [-0.15, -0.1) is 0 Å². The van der Waals surface area contributed by atoms with E-state index in [1.807, 2.05) is 12.1 Å². The van der Waals surface area contributed by atoms with Gasteiger partial charge < -0.3 is 10.2 Å². The van der Waals surface area contributed by atoms with E-state index in [1.165, 1.54) is 0 Å². The summed E-state index contributed by atoms with van der Waals surface area (Å²) >= 11 is 12.1. The Labute approximate surface area is 126 Å². The van der Waals surface area contributed by atoms with Gasteiger partial charge in [-0.25, -0.2) is 0 Å². The Balaban J connectivity index is 2.28. The first-order valence-corrected chi connectivity index (χ1v) is 7.73. The van der Waals surface area contributed by atoms with Crippen LogP contribution in [0.15, 0.2) is 18.2 Å². The third kappa shape index (κ3) is 3.01. The van der Waals surface area contributed by atoms with Crippen LogP contribution in [0.25, 0.3) is 0 Å². The Morgan fingerprint density at radius 2 is 1.95 bits per heavy atom. The molecule has 1 saturated heterocycles. The number of nitrogens with one attached hydrogen (secondary N) is 1. The van der Waals surface area contributed by atoms with Crippen molar-refractivity contribution in [3.8, 4) is 0 Å². The van der Waals surface area contributed by atoms with Gasteiger partial charge in [-0.1, -0.05) is 37.0 Å². The Kier molecular flexibility index (Phi) is 4.65. The van der Waals surface area contributed by atoms with Crippen LogP contribution in [0.2, 0.25) is 10.0 Å². The van der Waals surface area contributed by atoms with Gasteiger partial charge in [0, 0.05) is 30.4 Å². The van der Waals surface area contributed by atoms with Gasteiger partial charge in [0.1, 0.15) is 0 Å². The van der Waals surface area contributed by atoms with Gasteiger partial charge >= 0.3 is 0 Å². The average Bonchev–Trinajstić information content (AvgIpc) is 2.43. The van der Waals surface area contributed by atoms with Crippen molar-refractivity contribution in [2.75, 3.05) is 18.0 Å². The fourth-order valence-electron chi connectivity index (χ4n) is 2.75. The number of piperazine rings is 1. The molecule has 2 rings (SSSR count). The van der Waals surface area contributed by atoms with Crippen LogP contribution in [-0.2, 0) is 0 Å². The summed E-state index contributed by atoms with van der Waals surface area (Å²) in [6.45, 7) is 8.75. The second-order valence-corrected chi connectivity index (χ2v) is 6.26. The number of anilines is 1. The van der Waals surface area contributed by atoms with E-state index >= 15 is 0 Å². The van der Waals surface area contributed by atoms with E-state index in [4.69, 9.17) is 23.2 Å². The number of hydrogen-bond acceptors (Lipinski definition) is 2. The van der Waals surface area contributed by atoms with Crippen molar-refractivity contribution in [2.24, 2.45) is 0 Å². The largest absolute Gasteiger partial charge is 0.366 e. The number of rotatable bonds is 3. The molecule has 1 aliphatic rings. The first kappa shape index (κ1) is 15.0. The summed E-state index contributed by atoms with van der Waals surface area (Å²) < 4.78 is 0. The zero-order valence-corrected chi connectivity index (χ0v) is 13.4. The lowest BCUT2D eigenvalue weighted by Gasteiger charge is -2.47. The maximum Gasteiger partial charge on any atom is 0.0612 e. The van der Waals surface area contributed by atoms with E-state index in [0.717, 1.165) is 31.6 Å². The summed E-state index contributed by atoms with van der Waals surface area (Å²) in [7, 11) is 0. The molecule has 1 heterocycles. The van der Waals surface area contributed by atoms with Crippen molar-refractivity contribution < 1.29 is 0 Å². The van der Waals surface area contributed by atoms with E-state index in [-0.39, 0.29) is 5.54 Å². The van der Waals surface area contributed by atoms with Gasteiger partial charge in [0.25, 0.3) is 0 Å². The van der Waals surface area contributed by atoms with E-state index in [1.54, 1.807) is 0 Å². The Hall–Kier alpha value is -0.440. The highest BCUT2D eigenvalue weighted by atomic mass is 35.5. The topological polar surface area (TPSA) is 15.3 Å². The predicted molar refractivity (Wildman–Crippen MR) is 84.6 cm³/mol. The third-order valence-electron chi connectivity index (χ3n) is 4.37. The summed E-state index contributed by atoms with van der Waals surface area (Å²) in [5.74, 6) is 0. The summed E-state index contributed by atoms with van der Waals surface area (Å²) in [4.78, 5) is 2.44. The van der Waals surface area contributed by atoms with E-state index in [0.29, 0.717) is 16.1 Å². The number of halogens is 2. The molecule has 1 atom stereocenters. The molecule has 2 nitrogen and oxygen atoms in total. The molecule has 1 aromatic carbocycles. The zero-order chi connectivity index (χ0) is 14.0. The molecular formula is C15H22Cl2N2. The minimum Gasteiger partial charge on any atom is -0.366 e. The molecule has 0 amide bonds. The van der Waals surface area contributed by atoms with Crippen LogP contribution in [0.3, 0.4) is 0 Å². The van der Waals surface area contributed by atoms with Crippen LogP contribution in [0.5, 0.6) is 0 Å². The van der Waals surface area contributed by atoms with Gasteiger partial charge in [-0.2, -0.15) is 0 Å². The predicted octanol–water partition coefficient (Wildman–Crippen LogP) is 4.35. The Morgan fingerprint density at radius 1 is 1.26 bits per heavy atom. The molecule has 0 aromatic heterocycles. The van der Waals surface area contributed by atoms with Crippen LogP contribution in [-0.4, -0.2) is 24.7 Å². The lowest BCUT2D eigenvalue weighted by molar-refractivity contribution is 0.254. The van der Waals surface area contributed by atoms with Gasteiger partial charge in [0.15, 0.2) is 0 Å². The van der Waals surface area contributed by atoms with E-state index in [2.05, 4.69) is 37.1 Å². The molecular weight excluding hydrogens is 279 g/mol. The summed E-state index contributed by atoms with van der Waals surface area (Å²) in [5.41, 5.74) is 1.37. The molecule has 0 aliphatic carbocycles. The third-order valence-corrected chi connectivity index (χ3v) is 5.10. The lowest BCUT2D eigenvalue weighted by Crippen LogP contribution is -2.63. The zero-order valence-electron chi connectivity index (χ0n) is 11.8. The van der Waals surface area contributed by atoms with Crippen LogP contribution >= 0.6 is 23.2 Å².